The maximum absolute atomic E-state index is 3.73. The second-order valence-corrected chi connectivity index (χ2v) is 5.65. The SMILES string of the molecule is C=CCSCCNC(C)C1CCCCC1. The van der Waals surface area contributed by atoms with E-state index in [2.05, 4.69) is 18.8 Å². The van der Waals surface area contributed by atoms with E-state index in [1.165, 1.54) is 37.9 Å². The van der Waals surface area contributed by atoms with Crippen molar-refractivity contribution >= 4 is 11.8 Å². The Balaban J connectivity index is 2.01. The highest BCUT2D eigenvalue weighted by Crippen LogP contribution is 2.26. The molecular formula is C13H25NS. The van der Waals surface area contributed by atoms with Crippen molar-refractivity contribution in [2.45, 2.75) is 45.1 Å². The van der Waals surface area contributed by atoms with E-state index in [0.29, 0.717) is 0 Å². The van der Waals surface area contributed by atoms with E-state index in [0.717, 1.165) is 24.3 Å². The summed E-state index contributed by atoms with van der Waals surface area (Å²) in [7, 11) is 0. The number of hydrogen-bond donors (Lipinski definition) is 1. The molecule has 1 N–H and O–H groups in total. The van der Waals surface area contributed by atoms with Crippen LogP contribution < -0.4 is 5.32 Å². The van der Waals surface area contributed by atoms with E-state index in [1.54, 1.807) is 0 Å². The standard InChI is InChI=1S/C13H25NS/c1-3-10-15-11-9-14-12(2)13-7-5-4-6-8-13/h3,12-14H,1,4-11H2,2H3. The molecule has 1 atom stereocenters. The van der Waals surface area contributed by atoms with Crippen molar-refractivity contribution in [1.82, 2.24) is 5.32 Å². The monoisotopic (exact) mass is 227 g/mol. The second kappa shape index (κ2) is 8.23. The summed E-state index contributed by atoms with van der Waals surface area (Å²) >= 11 is 1.96. The third-order valence-corrected chi connectivity index (χ3v) is 4.27. The van der Waals surface area contributed by atoms with Gasteiger partial charge in [-0.25, -0.2) is 0 Å². The molecule has 1 saturated carbocycles. The van der Waals surface area contributed by atoms with Gasteiger partial charge >= 0.3 is 0 Å². The molecule has 0 heterocycles. The molecule has 0 radical (unpaired) electrons. The van der Waals surface area contributed by atoms with Crippen molar-refractivity contribution in [2.75, 3.05) is 18.1 Å². The van der Waals surface area contributed by atoms with Crippen LogP contribution in [0.4, 0.5) is 0 Å². The first-order chi connectivity index (χ1) is 7.34. The van der Waals surface area contributed by atoms with Gasteiger partial charge in [0.2, 0.25) is 0 Å². The van der Waals surface area contributed by atoms with E-state index in [1.807, 2.05) is 17.8 Å². The molecular weight excluding hydrogens is 202 g/mol. The minimum atomic E-state index is 0.717. The van der Waals surface area contributed by atoms with E-state index >= 15 is 0 Å². The summed E-state index contributed by atoms with van der Waals surface area (Å²) in [6, 6.07) is 0.717. The fraction of sp³-hybridized carbons (Fsp3) is 0.846. The van der Waals surface area contributed by atoms with Gasteiger partial charge in [0.25, 0.3) is 0 Å². The molecule has 1 rings (SSSR count). The van der Waals surface area contributed by atoms with Crippen LogP contribution >= 0.6 is 11.8 Å². The molecule has 88 valence electrons. The highest BCUT2D eigenvalue weighted by molar-refractivity contribution is 7.99. The van der Waals surface area contributed by atoms with Gasteiger partial charge in [0.15, 0.2) is 0 Å². The van der Waals surface area contributed by atoms with Gasteiger partial charge in [0.05, 0.1) is 0 Å². The van der Waals surface area contributed by atoms with E-state index in [-0.39, 0.29) is 0 Å². The first-order valence-electron chi connectivity index (χ1n) is 6.26. The normalized spacial score (nSPS) is 20.1. The molecule has 0 aliphatic heterocycles. The Hall–Kier alpha value is 0.0500. The molecule has 0 spiro atoms. The molecule has 0 aromatic heterocycles. The Kier molecular flexibility index (Phi) is 7.20. The van der Waals surface area contributed by atoms with Crippen LogP contribution in [0.3, 0.4) is 0 Å². The van der Waals surface area contributed by atoms with Crippen LogP contribution in [-0.2, 0) is 0 Å². The maximum Gasteiger partial charge on any atom is 0.0111 e. The number of hydrogen-bond acceptors (Lipinski definition) is 2. The Morgan fingerprint density at radius 2 is 2.13 bits per heavy atom. The van der Waals surface area contributed by atoms with Crippen LogP contribution in [0.5, 0.6) is 0 Å². The molecule has 0 aromatic carbocycles. The average molecular weight is 227 g/mol. The Labute approximate surface area is 99.1 Å². The fourth-order valence-corrected chi connectivity index (χ4v) is 2.92. The molecule has 0 aromatic rings. The lowest BCUT2D eigenvalue weighted by atomic mass is 9.84. The Morgan fingerprint density at radius 3 is 2.80 bits per heavy atom. The van der Waals surface area contributed by atoms with E-state index < -0.39 is 0 Å². The summed E-state index contributed by atoms with van der Waals surface area (Å²) in [6.45, 7) is 7.23. The zero-order valence-corrected chi connectivity index (χ0v) is 10.8. The molecule has 15 heavy (non-hydrogen) atoms. The van der Waals surface area contributed by atoms with Crippen LogP contribution in [0.2, 0.25) is 0 Å². The molecule has 0 bridgehead atoms. The van der Waals surface area contributed by atoms with E-state index in [9.17, 15) is 0 Å². The molecule has 0 amide bonds. The predicted molar refractivity (Wildman–Crippen MR) is 71.6 cm³/mol. The van der Waals surface area contributed by atoms with Gasteiger partial charge in [-0.1, -0.05) is 25.3 Å². The summed E-state index contributed by atoms with van der Waals surface area (Å²) < 4.78 is 0. The third-order valence-electron chi connectivity index (χ3n) is 3.31. The lowest BCUT2D eigenvalue weighted by molar-refractivity contribution is 0.285. The summed E-state index contributed by atoms with van der Waals surface area (Å²) in [5, 5.41) is 3.66. The second-order valence-electron chi connectivity index (χ2n) is 4.50. The van der Waals surface area contributed by atoms with Crippen LogP contribution in [0, 0.1) is 5.92 Å². The van der Waals surface area contributed by atoms with Crippen molar-refractivity contribution < 1.29 is 0 Å². The highest BCUT2D eigenvalue weighted by atomic mass is 32.2. The van der Waals surface area contributed by atoms with Gasteiger partial charge in [0, 0.05) is 24.1 Å². The molecule has 1 aliphatic carbocycles. The van der Waals surface area contributed by atoms with Gasteiger partial charge in [0.1, 0.15) is 0 Å². The third kappa shape index (κ3) is 5.62. The van der Waals surface area contributed by atoms with Gasteiger partial charge in [-0.2, -0.15) is 11.8 Å². The van der Waals surface area contributed by atoms with Crippen LogP contribution in [0.15, 0.2) is 12.7 Å². The lowest BCUT2D eigenvalue weighted by Gasteiger charge is -2.28. The average Bonchev–Trinajstić information content (AvgIpc) is 2.30. The van der Waals surface area contributed by atoms with Crippen molar-refractivity contribution in [3.8, 4) is 0 Å². The van der Waals surface area contributed by atoms with E-state index in [4.69, 9.17) is 0 Å². The van der Waals surface area contributed by atoms with Crippen LogP contribution in [0.1, 0.15) is 39.0 Å². The largest absolute Gasteiger partial charge is 0.313 e. The van der Waals surface area contributed by atoms with Gasteiger partial charge < -0.3 is 5.32 Å². The van der Waals surface area contributed by atoms with Crippen LogP contribution in [-0.4, -0.2) is 24.1 Å². The molecule has 2 heteroatoms. The maximum atomic E-state index is 3.73. The van der Waals surface area contributed by atoms with Gasteiger partial charge in [-0.15, -0.1) is 6.58 Å². The van der Waals surface area contributed by atoms with Gasteiger partial charge in [-0.3, -0.25) is 0 Å². The molecule has 1 nitrogen and oxygen atoms in total. The van der Waals surface area contributed by atoms with Crippen molar-refractivity contribution in [1.29, 1.82) is 0 Å². The summed E-state index contributed by atoms with van der Waals surface area (Å²) in [6.07, 6.45) is 9.21. The number of rotatable bonds is 7. The Morgan fingerprint density at radius 1 is 1.40 bits per heavy atom. The Bertz CT molecular complexity index is 164. The van der Waals surface area contributed by atoms with Crippen molar-refractivity contribution in [2.24, 2.45) is 5.92 Å². The summed E-state index contributed by atoms with van der Waals surface area (Å²) in [5.74, 6) is 3.23. The predicted octanol–water partition coefficient (Wildman–Crippen LogP) is 3.46. The summed E-state index contributed by atoms with van der Waals surface area (Å²) in [4.78, 5) is 0. The van der Waals surface area contributed by atoms with Gasteiger partial charge in [-0.05, 0) is 25.7 Å². The zero-order valence-electron chi connectivity index (χ0n) is 10.0. The molecule has 1 aliphatic rings. The number of thioether (sulfide) groups is 1. The van der Waals surface area contributed by atoms with Crippen LogP contribution in [0.25, 0.3) is 0 Å². The first-order valence-corrected chi connectivity index (χ1v) is 7.42. The molecule has 1 unspecified atom stereocenters. The first kappa shape index (κ1) is 13.1. The van der Waals surface area contributed by atoms with Crippen molar-refractivity contribution in [3.05, 3.63) is 12.7 Å². The minimum Gasteiger partial charge on any atom is -0.313 e. The summed E-state index contributed by atoms with van der Waals surface area (Å²) in [5.41, 5.74) is 0. The smallest absolute Gasteiger partial charge is 0.0111 e. The highest BCUT2D eigenvalue weighted by Gasteiger charge is 2.18. The fourth-order valence-electron chi connectivity index (χ4n) is 2.33. The topological polar surface area (TPSA) is 12.0 Å². The van der Waals surface area contributed by atoms with Crippen molar-refractivity contribution in [3.63, 3.8) is 0 Å². The molecule has 0 saturated heterocycles. The quantitative estimate of drug-likeness (QED) is 0.528. The zero-order chi connectivity index (χ0) is 10.9. The lowest BCUT2D eigenvalue weighted by Crippen LogP contribution is -2.35. The number of nitrogens with one attached hydrogen (secondary N) is 1. The minimum absolute atomic E-state index is 0.717. The molecule has 1 fully saturated rings.